The normalized spacial score (nSPS) is 10.3. The van der Waals surface area contributed by atoms with E-state index in [4.69, 9.17) is 0 Å². The third-order valence-electron chi connectivity index (χ3n) is 4.92. The minimum atomic E-state index is 1.10. The standard InChI is InChI=1S/C14H10BrN.C8H6BrN.C6H5I/c15-12-7-6-11-8-13(16-14(11)9-12)10-4-2-1-3-5-10;9-7-2-1-6-3-4-10-8(6)5-7;7-6-4-2-1-3-5-6/h1-9,16H;1-5,10H;1-5H. The van der Waals surface area contributed by atoms with Gasteiger partial charge in [-0.3, -0.25) is 0 Å². The summed E-state index contributed by atoms with van der Waals surface area (Å²) >= 11 is 9.15. The summed E-state index contributed by atoms with van der Waals surface area (Å²) in [6.07, 6.45) is 1.94. The van der Waals surface area contributed by atoms with Gasteiger partial charge in [0.1, 0.15) is 0 Å². The van der Waals surface area contributed by atoms with Gasteiger partial charge in [-0.2, -0.15) is 0 Å². The Morgan fingerprint density at radius 3 is 1.82 bits per heavy atom. The molecule has 6 rings (SSSR count). The average Bonchev–Trinajstić information content (AvgIpc) is 3.47. The third kappa shape index (κ3) is 6.82. The van der Waals surface area contributed by atoms with Crippen LogP contribution in [0.25, 0.3) is 33.1 Å². The lowest BCUT2D eigenvalue weighted by molar-refractivity contribution is 1.45. The first-order valence-electron chi connectivity index (χ1n) is 10.4. The van der Waals surface area contributed by atoms with E-state index >= 15 is 0 Å². The largest absolute Gasteiger partial charge is 0.361 e. The number of hydrogen-bond donors (Lipinski definition) is 2. The molecular weight excluding hydrogens is 651 g/mol. The quantitative estimate of drug-likeness (QED) is 0.163. The van der Waals surface area contributed by atoms with Crippen LogP contribution in [0.2, 0.25) is 0 Å². The molecular formula is C28H21Br2IN2. The number of aromatic nitrogens is 2. The van der Waals surface area contributed by atoms with Crippen LogP contribution in [0, 0.1) is 3.57 Å². The molecule has 2 nitrogen and oxygen atoms in total. The zero-order chi connectivity index (χ0) is 23.0. The maximum absolute atomic E-state index is 3.48. The Kier molecular flexibility index (Phi) is 8.42. The van der Waals surface area contributed by atoms with E-state index in [1.807, 2.05) is 36.5 Å². The van der Waals surface area contributed by atoms with Crippen molar-refractivity contribution in [3.05, 3.63) is 128 Å². The van der Waals surface area contributed by atoms with Crippen LogP contribution < -0.4 is 0 Å². The number of H-pyrrole nitrogens is 2. The summed E-state index contributed by atoms with van der Waals surface area (Å²) in [6, 6.07) is 37.3. The van der Waals surface area contributed by atoms with Gasteiger partial charge in [0.25, 0.3) is 0 Å². The molecule has 0 unspecified atom stereocenters. The number of hydrogen-bond acceptors (Lipinski definition) is 0. The molecule has 2 heterocycles. The predicted molar refractivity (Wildman–Crippen MR) is 157 cm³/mol. The highest BCUT2D eigenvalue weighted by molar-refractivity contribution is 14.1. The zero-order valence-corrected chi connectivity index (χ0v) is 22.9. The van der Waals surface area contributed by atoms with Crippen molar-refractivity contribution in [3.8, 4) is 11.3 Å². The van der Waals surface area contributed by atoms with Crippen LogP contribution in [0.4, 0.5) is 0 Å². The smallest absolute Gasteiger partial charge is 0.0470 e. The van der Waals surface area contributed by atoms with Gasteiger partial charge in [-0.15, -0.1) is 0 Å². The van der Waals surface area contributed by atoms with Crippen LogP contribution in [0.1, 0.15) is 0 Å². The van der Waals surface area contributed by atoms with Crippen LogP contribution in [0.3, 0.4) is 0 Å². The number of fused-ring (bicyclic) bond motifs is 2. The first kappa shape index (κ1) is 23.8. The van der Waals surface area contributed by atoms with Gasteiger partial charge in [0, 0.05) is 40.8 Å². The molecule has 0 amide bonds. The second-order valence-corrected chi connectivity index (χ2v) is 10.4. The van der Waals surface area contributed by atoms with E-state index in [9.17, 15) is 0 Å². The van der Waals surface area contributed by atoms with Crippen molar-refractivity contribution in [3.63, 3.8) is 0 Å². The molecule has 0 spiro atoms. The van der Waals surface area contributed by atoms with Gasteiger partial charge in [-0.1, -0.05) is 92.5 Å². The Labute approximate surface area is 223 Å². The molecule has 5 heteroatoms. The Bertz CT molecular complexity index is 1440. The molecule has 0 bridgehead atoms. The van der Waals surface area contributed by atoms with Gasteiger partial charge < -0.3 is 9.97 Å². The molecule has 2 aromatic heterocycles. The number of rotatable bonds is 1. The zero-order valence-electron chi connectivity index (χ0n) is 17.6. The fourth-order valence-electron chi connectivity index (χ4n) is 3.31. The van der Waals surface area contributed by atoms with Crippen LogP contribution in [0.15, 0.2) is 124 Å². The lowest BCUT2D eigenvalue weighted by atomic mass is 10.1. The highest BCUT2D eigenvalue weighted by Gasteiger charge is 2.02. The van der Waals surface area contributed by atoms with E-state index in [-0.39, 0.29) is 0 Å². The predicted octanol–water partition coefficient (Wildman–Crippen LogP) is 9.82. The van der Waals surface area contributed by atoms with E-state index in [1.165, 1.54) is 25.4 Å². The second-order valence-electron chi connectivity index (χ2n) is 7.29. The average molecular weight is 672 g/mol. The molecule has 0 aliphatic carbocycles. The molecule has 0 aliphatic heterocycles. The second kappa shape index (κ2) is 11.7. The summed E-state index contributed by atoms with van der Waals surface area (Å²) in [4.78, 5) is 6.55. The van der Waals surface area contributed by atoms with E-state index in [0.717, 1.165) is 20.2 Å². The van der Waals surface area contributed by atoms with Crippen molar-refractivity contribution in [2.45, 2.75) is 0 Å². The van der Waals surface area contributed by atoms with Crippen LogP contribution in [-0.2, 0) is 0 Å². The van der Waals surface area contributed by atoms with Crippen molar-refractivity contribution in [1.29, 1.82) is 0 Å². The Balaban J connectivity index is 0.000000130. The van der Waals surface area contributed by atoms with Crippen molar-refractivity contribution in [2.75, 3.05) is 0 Å². The van der Waals surface area contributed by atoms with Crippen LogP contribution in [0.5, 0.6) is 0 Å². The number of nitrogens with one attached hydrogen (secondary N) is 2. The fourth-order valence-corrected chi connectivity index (χ4v) is 4.44. The minimum Gasteiger partial charge on any atom is -0.361 e. The number of aromatic amines is 2. The molecule has 0 aliphatic rings. The van der Waals surface area contributed by atoms with Crippen LogP contribution >= 0.6 is 54.5 Å². The van der Waals surface area contributed by atoms with Gasteiger partial charge in [0.2, 0.25) is 0 Å². The lowest BCUT2D eigenvalue weighted by Gasteiger charge is -1.95. The molecule has 0 saturated carbocycles. The van der Waals surface area contributed by atoms with Gasteiger partial charge in [0.15, 0.2) is 0 Å². The van der Waals surface area contributed by atoms with Crippen molar-refractivity contribution >= 4 is 76.3 Å². The summed E-state index contributed by atoms with van der Waals surface area (Å²) < 4.78 is 3.50. The van der Waals surface area contributed by atoms with Crippen LogP contribution in [-0.4, -0.2) is 9.97 Å². The first-order valence-corrected chi connectivity index (χ1v) is 13.0. The molecule has 6 aromatic rings. The van der Waals surface area contributed by atoms with Crippen molar-refractivity contribution < 1.29 is 0 Å². The van der Waals surface area contributed by atoms with E-state index in [1.54, 1.807) is 0 Å². The molecule has 4 aromatic carbocycles. The maximum Gasteiger partial charge on any atom is 0.0470 e. The van der Waals surface area contributed by atoms with E-state index in [2.05, 4.69) is 143 Å². The molecule has 0 atom stereocenters. The summed E-state index contributed by atoms with van der Waals surface area (Å²) in [5, 5.41) is 2.49. The number of benzene rings is 4. The fraction of sp³-hybridized carbons (Fsp3) is 0. The first-order chi connectivity index (χ1) is 16.1. The SMILES string of the molecule is Brc1ccc2cc(-c3ccccc3)[nH]c2c1.Brc1ccc2cc[nH]c2c1.Ic1ccccc1. The summed E-state index contributed by atoms with van der Waals surface area (Å²) in [5.74, 6) is 0. The van der Waals surface area contributed by atoms with Crippen molar-refractivity contribution in [1.82, 2.24) is 9.97 Å². The highest BCUT2D eigenvalue weighted by Crippen LogP contribution is 2.26. The maximum atomic E-state index is 3.48. The van der Waals surface area contributed by atoms with E-state index < -0.39 is 0 Å². The Hall–Kier alpha value is -2.35. The number of halogens is 3. The summed E-state index contributed by atoms with van der Waals surface area (Å²) in [5.41, 5.74) is 4.71. The van der Waals surface area contributed by atoms with E-state index in [0.29, 0.717) is 0 Å². The third-order valence-corrected chi connectivity index (χ3v) is 6.63. The monoisotopic (exact) mass is 670 g/mol. The lowest BCUT2D eigenvalue weighted by Crippen LogP contribution is -1.74. The molecule has 2 N–H and O–H groups in total. The summed E-state index contributed by atoms with van der Waals surface area (Å²) in [6.45, 7) is 0. The Morgan fingerprint density at radius 1 is 0.576 bits per heavy atom. The van der Waals surface area contributed by atoms with Crippen molar-refractivity contribution in [2.24, 2.45) is 0 Å². The molecule has 0 radical (unpaired) electrons. The van der Waals surface area contributed by atoms with Gasteiger partial charge in [-0.25, -0.2) is 0 Å². The molecule has 0 saturated heterocycles. The van der Waals surface area contributed by atoms with Gasteiger partial charge >= 0.3 is 0 Å². The Morgan fingerprint density at radius 2 is 1.18 bits per heavy atom. The highest BCUT2D eigenvalue weighted by atomic mass is 127. The summed E-state index contributed by atoms with van der Waals surface area (Å²) in [7, 11) is 0. The minimum absolute atomic E-state index is 1.10. The topological polar surface area (TPSA) is 31.6 Å². The molecule has 33 heavy (non-hydrogen) atoms. The molecule has 0 fully saturated rings. The molecule has 164 valence electrons. The van der Waals surface area contributed by atoms with Gasteiger partial charge in [0.05, 0.1) is 0 Å². The van der Waals surface area contributed by atoms with Gasteiger partial charge in [-0.05, 0) is 82.1 Å².